The monoisotopic (exact) mass is 437 g/mol. The SMILES string of the molecule is CN=C(NCCc1c(F)cccc1F)N1CC(C)(C)C1(C)C.I. The summed E-state index contributed by atoms with van der Waals surface area (Å²) in [4.78, 5) is 6.49. The van der Waals surface area contributed by atoms with Crippen LogP contribution in [-0.2, 0) is 6.42 Å². The van der Waals surface area contributed by atoms with Crippen LogP contribution in [0.15, 0.2) is 23.2 Å². The second kappa shape index (κ2) is 7.32. The molecule has 3 nitrogen and oxygen atoms in total. The average Bonchev–Trinajstić information content (AvgIpc) is 2.44. The molecule has 0 atom stereocenters. The summed E-state index contributed by atoms with van der Waals surface area (Å²) in [6.07, 6.45) is 0.287. The molecule has 2 rings (SSSR count). The number of nitrogens with zero attached hydrogens (tertiary/aromatic N) is 2. The first kappa shape index (κ1) is 20.1. The minimum absolute atomic E-state index is 0. The molecule has 1 aromatic rings. The maximum atomic E-state index is 13.6. The molecule has 1 aliphatic rings. The maximum Gasteiger partial charge on any atom is 0.194 e. The highest BCUT2D eigenvalue weighted by molar-refractivity contribution is 14.0. The van der Waals surface area contributed by atoms with Crippen LogP contribution in [0.5, 0.6) is 0 Å². The molecule has 1 heterocycles. The smallest absolute Gasteiger partial charge is 0.194 e. The van der Waals surface area contributed by atoms with Gasteiger partial charge in [0.15, 0.2) is 5.96 Å². The fourth-order valence-corrected chi connectivity index (χ4v) is 2.77. The molecule has 0 saturated carbocycles. The molecule has 1 saturated heterocycles. The number of aliphatic imine (C=N–C) groups is 1. The largest absolute Gasteiger partial charge is 0.356 e. The van der Waals surface area contributed by atoms with E-state index in [-0.39, 0.29) is 46.9 Å². The van der Waals surface area contributed by atoms with Gasteiger partial charge in [0, 0.05) is 36.7 Å². The van der Waals surface area contributed by atoms with Crippen molar-refractivity contribution in [2.45, 2.75) is 39.7 Å². The van der Waals surface area contributed by atoms with E-state index in [1.54, 1.807) is 7.05 Å². The number of likely N-dealkylation sites (tertiary alicyclic amines) is 1. The third-order valence-corrected chi connectivity index (χ3v) is 5.07. The van der Waals surface area contributed by atoms with Crippen molar-refractivity contribution < 1.29 is 8.78 Å². The number of hydrogen-bond acceptors (Lipinski definition) is 1. The summed E-state index contributed by atoms with van der Waals surface area (Å²) < 4.78 is 27.2. The summed E-state index contributed by atoms with van der Waals surface area (Å²) in [5.74, 6) is -0.217. The Hall–Kier alpha value is -0.920. The Labute approximate surface area is 154 Å². The number of guanidine groups is 1. The lowest BCUT2D eigenvalue weighted by Gasteiger charge is -2.62. The van der Waals surface area contributed by atoms with Crippen molar-refractivity contribution in [3.63, 3.8) is 0 Å². The Bertz CT molecular complexity index is 565. The molecule has 0 aromatic heterocycles. The van der Waals surface area contributed by atoms with Gasteiger partial charge >= 0.3 is 0 Å². The molecule has 23 heavy (non-hydrogen) atoms. The quantitative estimate of drug-likeness (QED) is 0.443. The first-order chi connectivity index (χ1) is 10.2. The highest BCUT2D eigenvalue weighted by Crippen LogP contribution is 2.46. The summed E-state index contributed by atoms with van der Waals surface area (Å²) in [6.45, 7) is 10.2. The summed E-state index contributed by atoms with van der Waals surface area (Å²) in [7, 11) is 1.73. The van der Waals surface area contributed by atoms with Gasteiger partial charge in [0.2, 0.25) is 0 Å². The van der Waals surface area contributed by atoms with Crippen molar-refractivity contribution in [1.29, 1.82) is 0 Å². The van der Waals surface area contributed by atoms with Crippen LogP contribution < -0.4 is 5.32 Å². The zero-order valence-corrected chi connectivity index (χ0v) is 16.7. The standard InChI is InChI=1S/C17H25F2N3.HI/c1-16(2)11-22(17(16,3)4)15(20-5)21-10-9-12-13(18)7-6-8-14(12)19;/h6-8H,9-11H2,1-5H3,(H,20,21);1H. The highest BCUT2D eigenvalue weighted by atomic mass is 127. The van der Waals surface area contributed by atoms with Crippen LogP contribution >= 0.6 is 24.0 Å². The van der Waals surface area contributed by atoms with Crippen LogP contribution in [0.3, 0.4) is 0 Å². The van der Waals surface area contributed by atoms with E-state index in [4.69, 9.17) is 0 Å². The molecule has 0 spiro atoms. The Balaban J connectivity index is 0.00000264. The average molecular weight is 437 g/mol. The van der Waals surface area contributed by atoms with Crippen LogP contribution in [0.25, 0.3) is 0 Å². The lowest BCUT2D eigenvalue weighted by atomic mass is 9.65. The lowest BCUT2D eigenvalue weighted by Crippen LogP contribution is -2.72. The molecule has 1 aromatic carbocycles. The molecule has 0 radical (unpaired) electrons. The van der Waals surface area contributed by atoms with E-state index in [2.05, 4.69) is 42.9 Å². The van der Waals surface area contributed by atoms with Crippen molar-refractivity contribution in [2.75, 3.05) is 20.1 Å². The summed E-state index contributed by atoms with van der Waals surface area (Å²) >= 11 is 0. The molecule has 0 amide bonds. The predicted molar refractivity (Wildman–Crippen MR) is 101 cm³/mol. The van der Waals surface area contributed by atoms with Crippen LogP contribution in [0.1, 0.15) is 33.3 Å². The molecule has 130 valence electrons. The molecule has 1 fully saturated rings. The first-order valence-corrected chi connectivity index (χ1v) is 7.62. The summed E-state index contributed by atoms with van der Waals surface area (Å²) in [6, 6.07) is 3.95. The topological polar surface area (TPSA) is 27.6 Å². The van der Waals surface area contributed by atoms with Gasteiger partial charge in [-0.15, -0.1) is 24.0 Å². The van der Waals surface area contributed by atoms with E-state index < -0.39 is 11.6 Å². The Kier molecular flexibility index (Phi) is 6.40. The number of benzene rings is 1. The summed E-state index contributed by atoms with van der Waals surface area (Å²) in [5.41, 5.74) is 0.328. The zero-order chi connectivity index (χ0) is 16.5. The van der Waals surface area contributed by atoms with Gasteiger partial charge in [-0.25, -0.2) is 8.78 Å². The van der Waals surface area contributed by atoms with Crippen molar-refractivity contribution in [3.8, 4) is 0 Å². The van der Waals surface area contributed by atoms with E-state index in [1.807, 2.05) is 0 Å². The van der Waals surface area contributed by atoms with Gasteiger partial charge in [-0.3, -0.25) is 4.99 Å². The van der Waals surface area contributed by atoms with E-state index >= 15 is 0 Å². The van der Waals surface area contributed by atoms with Gasteiger partial charge < -0.3 is 10.2 Å². The number of halogens is 3. The minimum Gasteiger partial charge on any atom is -0.356 e. The highest BCUT2D eigenvalue weighted by Gasteiger charge is 2.53. The van der Waals surface area contributed by atoms with Crippen LogP contribution in [0.4, 0.5) is 8.78 Å². The van der Waals surface area contributed by atoms with Crippen LogP contribution in [0.2, 0.25) is 0 Å². The molecule has 0 aliphatic carbocycles. The van der Waals surface area contributed by atoms with E-state index in [0.29, 0.717) is 6.54 Å². The zero-order valence-electron chi connectivity index (χ0n) is 14.4. The molecule has 6 heteroatoms. The van der Waals surface area contributed by atoms with Crippen molar-refractivity contribution >= 4 is 29.9 Å². The second-order valence-electron chi connectivity index (χ2n) is 6.95. The number of rotatable bonds is 3. The van der Waals surface area contributed by atoms with Gasteiger partial charge in [-0.2, -0.15) is 0 Å². The third kappa shape index (κ3) is 3.78. The van der Waals surface area contributed by atoms with Crippen molar-refractivity contribution in [2.24, 2.45) is 10.4 Å². The third-order valence-electron chi connectivity index (χ3n) is 5.07. The molecule has 1 aliphatic heterocycles. The van der Waals surface area contributed by atoms with E-state index in [0.717, 1.165) is 12.5 Å². The maximum absolute atomic E-state index is 13.6. The fraction of sp³-hybridized carbons (Fsp3) is 0.588. The Morgan fingerprint density at radius 1 is 1.22 bits per heavy atom. The van der Waals surface area contributed by atoms with Gasteiger partial charge in [0.05, 0.1) is 0 Å². The Morgan fingerprint density at radius 3 is 2.22 bits per heavy atom. The minimum atomic E-state index is -0.498. The summed E-state index contributed by atoms with van der Waals surface area (Å²) in [5, 5.41) is 3.21. The first-order valence-electron chi connectivity index (χ1n) is 7.62. The Morgan fingerprint density at radius 2 is 1.78 bits per heavy atom. The molecular formula is C17H26F2IN3. The normalized spacial score (nSPS) is 18.9. The molecular weight excluding hydrogens is 411 g/mol. The van der Waals surface area contributed by atoms with Gasteiger partial charge in [-0.05, 0) is 32.4 Å². The fourth-order valence-electron chi connectivity index (χ4n) is 2.77. The second-order valence-corrected chi connectivity index (χ2v) is 6.95. The van der Waals surface area contributed by atoms with Crippen LogP contribution in [-0.4, -0.2) is 36.5 Å². The predicted octanol–water partition coefficient (Wildman–Crippen LogP) is 3.82. The van der Waals surface area contributed by atoms with Gasteiger partial charge in [0.1, 0.15) is 11.6 Å². The van der Waals surface area contributed by atoms with Crippen molar-refractivity contribution in [1.82, 2.24) is 10.2 Å². The number of nitrogens with one attached hydrogen (secondary N) is 1. The molecule has 1 N–H and O–H groups in total. The van der Waals surface area contributed by atoms with E-state index in [1.165, 1.54) is 18.2 Å². The van der Waals surface area contributed by atoms with Gasteiger partial charge in [-0.1, -0.05) is 19.9 Å². The molecule has 0 unspecified atom stereocenters. The lowest BCUT2D eigenvalue weighted by molar-refractivity contribution is -0.0666. The van der Waals surface area contributed by atoms with Crippen LogP contribution in [0, 0.1) is 17.0 Å². The molecule has 0 bridgehead atoms. The number of hydrogen-bond donors (Lipinski definition) is 1. The van der Waals surface area contributed by atoms with Gasteiger partial charge in [0.25, 0.3) is 0 Å². The van der Waals surface area contributed by atoms with Crippen molar-refractivity contribution in [3.05, 3.63) is 35.4 Å². The van der Waals surface area contributed by atoms with E-state index in [9.17, 15) is 8.78 Å².